The molecule has 0 spiro atoms. The van der Waals surface area contributed by atoms with Gasteiger partial charge in [0, 0.05) is 57.4 Å². The number of amides is 1. The lowest BCUT2D eigenvalue weighted by atomic mass is 10.0. The molecule has 4 rings (SSSR count). The van der Waals surface area contributed by atoms with Gasteiger partial charge in [0.25, 0.3) is 11.5 Å². The summed E-state index contributed by atoms with van der Waals surface area (Å²) in [4.78, 5) is 43.3. The standard InChI is InChI=1S/C28H30FN5O4S2/c1-18-21(16-23-27(38)34(28(39)40-23)11-5-3-4-6-24(35)36)25(31(2)26(37)22(18)17-30)33-14-12-32(13-15-33)20-9-7-19(29)8-10-20/h7-10,16H,3-6,11-15H2,1-2H3,(H,35,36)/b23-16+. The topological polar surface area (TPSA) is 110 Å². The monoisotopic (exact) mass is 583 g/mol. The predicted octanol–water partition coefficient (Wildman–Crippen LogP) is 3.88. The SMILES string of the molecule is Cc1c(/C=C2/SC(=S)N(CCCCCC(=O)O)C2=O)c(N2CCN(c3ccc(F)cc3)CC2)n(C)c(=O)c1C#N. The lowest BCUT2D eigenvalue weighted by Gasteiger charge is -2.38. The Hall–Kier alpha value is -3.69. The van der Waals surface area contributed by atoms with Crippen LogP contribution in [-0.4, -0.2) is 63.5 Å². The Labute approximate surface area is 241 Å². The Kier molecular flexibility index (Phi) is 9.27. The van der Waals surface area contributed by atoms with Crippen LogP contribution in [0.3, 0.4) is 0 Å². The van der Waals surface area contributed by atoms with Crippen molar-refractivity contribution in [2.75, 3.05) is 42.5 Å². The highest BCUT2D eigenvalue weighted by molar-refractivity contribution is 8.26. The van der Waals surface area contributed by atoms with Crippen molar-refractivity contribution in [2.45, 2.75) is 32.6 Å². The van der Waals surface area contributed by atoms with E-state index in [4.69, 9.17) is 17.3 Å². The number of piperazine rings is 1. The molecule has 9 nitrogen and oxygen atoms in total. The van der Waals surface area contributed by atoms with Crippen LogP contribution in [0.15, 0.2) is 34.0 Å². The fourth-order valence-electron chi connectivity index (χ4n) is 4.97. The molecule has 2 saturated heterocycles. The van der Waals surface area contributed by atoms with Crippen LogP contribution in [0.4, 0.5) is 15.9 Å². The van der Waals surface area contributed by atoms with Crippen molar-refractivity contribution in [3.63, 3.8) is 0 Å². The van der Waals surface area contributed by atoms with Crippen molar-refractivity contribution in [3.8, 4) is 6.07 Å². The Balaban J connectivity index is 1.60. The molecule has 0 saturated carbocycles. The van der Waals surface area contributed by atoms with Crippen LogP contribution < -0.4 is 15.4 Å². The molecule has 2 aliphatic rings. The summed E-state index contributed by atoms with van der Waals surface area (Å²) in [6.45, 7) is 4.55. The number of carbonyl (C=O) groups excluding carboxylic acids is 1. The van der Waals surface area contributed by atoms with E-state index in [0.717, 1.165) is 5.69 Å². The number of rotatable bonds is 9. The molecule has 1 aromatic heterocycles. The minimum Gasteiger partial charge on any atom is -0.481 e. The summed E-state index contributed by atoms with van der Waals surface area (Å²) in [5.74, 6) is -0.754. The molecule has 0 unspecified atom stereocenters. The van der Waals surface area contributed by atoms with Crippen molar-refractivity contribution in [1.29, 1.82) is 5.26 Å². The zero-order chi connectivity index (χ0) is 29.0. The predicted molar refractivity (Wildman–Crippen MR) is 158 cm³/mol. The third-order valence-electron chi connectivity index (χ3n) is 7.16. The lowest BCUT2D eigenvalue weighted by Crippen LogP contribution is -2.48. The van der Waals surface area contributed by atoms with Gasteiger partial charge in [-0.2, -0.15) is 5.26 Å². The van der Waals surface area contributed by atoms with Crippen molar-refractivity contribution < 1.29 is 19.1 Å². The van der Waals surface area contributed by atoms with Crippen LogP contribution in [0.1, 0.15) is 42.4 Å². The molecular formula is C28H30FN5O4S2. The first kappa shape index (κ1) is 29.3. The highest BCUT2D eigenvalue weighted by Gasteiger charge is 2.33. The summed E-state index contributed by atoms with van der Waals surface area (Å²) in [6, 6.07) is 8.36. The first-order valence-corrected chi connectivity index (χ1v) is 14.2. The molecule has 0 bridgehead atoms. The van der Waals surface area contributed by atoms with E-state index < -0.39 is 11.5 Å². The molecule has 1 aromatic carbocycles. The number of carboxylic acids is 1. The maximum absolute atomic E-state index is 13.4. The average Bonchev–Trinajstić information content (AvgIpc) is 3.20. The van der Waals surface area contributed by atoms with Gasteiger partial charge in [-0.25, -0.2) is 4.39 Å². The van der Waals surface area contributed by atoms with E-state index in [1.165, 1.54) is 33.4 Å². The van der Waals surface area contributed by atoms with Gasteiger partial charge in [-0.05, 0) is 55.7 Å². The van der Waals surface area contributed by atoms with Gasteiger partial charge in [-0.3, -0.25) is 23.9 Å². The number of carboxylic acid groups (broad SMARTS) is 1. The number of halogens is 1. The molecular weight excluding hydrogens is 553 g/mol. The zero-order valence-corrected chi connectivity index (χ0v) is 24.0. The number of aromatic nitrogens is 1. The summed E-state index contributed by atoms with van der Waals surface area (Å²) in [5, 5.41) is 18.5. The summed E-state index contributed by atoms with van der Waals surface area (Å²) in [5.41, 5.74) is 1.66. The maximum atomic E-state index is 13.4. The molecule has 3 heterocycles. The maximum Gasteiger partial charge on any atom is 0.303 e. The molecule has 12 heteroatoms. The lowest BCUT2D eigenvalue weighted by molar-refractivity contribution is -0.137. The Morgan fingerprint density at radius 2 is 1.77 bits per heavy atom. The minimum atomic E-state index is -0.842. The third kappa shape index (κ3) is 6.21. The number of carbonyl (C=O) groups is 2. The molecule has 40 heavy (non-hydrogen) atoms. The Morgan fingerprint density at radius 3 is 2.40 bits per heavy atom. The van der Waals surface area contributed by atoms with Crippen LogP contribution in [0.25, 0.3) is 6.08 Å². The van der Waals surface area contributed by atoms with Gasteiger partial charge in [0.2, 0.25) is 0 Å². The van der Waals surface area contributed by atoms with Crippen LogP contribution in [0.5, 0.6) is 0 Å². The number of thioether (sulfide) groups is 1. The van der Waals surface area contributed by atoms with E-state index in [1.807, 2.05) is 6.07 Å². The summed E-state index contributed by atoms with van der Waals surface area (Å²) in [6.07, 6.45) is 3.65. The molecule has 1 N–H and O–H groups in total. The number of aliphatic carboxylic acids is 1. The number of unbranched alkanes of at least 4 members (excludes halogenated alkanes) is 2. The summed E-state index contributed by atoms with van der Waals surface area (Å²) >= 11 is 6.65. The molecule has 0 atom stereocenters. The summed E-state index contributed by atoms with van der Waals surface area (Å²) in [7, 11) is 1.63. The van der Waals surface area contributed by atoms with E-state index in [0.29, 0.717) is 78.2 Å². The Morgan fingerprint density at radius 1 is 1.12 bits per heavy atom. The van der Waals surface area contributed by atoms with E-state index in [2.05, 4.69) is 9.80 Å². The van der Waals surface area contributed by atoms with Crippen LogP contribution in [0, 0.1) is 24.1 Å². The molecule has 2 fully saturated rings. The first-order valence-electron chi connectivity index (χ1n) is 13.0. The zero-order valence-electron chi connectivity index (χ0n) is 22.4. The number of hydrogen-bond acceptors (Lipinski definition) is 8. The van der Waals surface area contributed by atoms with Gasteiger partial charge in [0.05, 0.1) is 4.91 Å². The fourth-order valence-corrected chi connectivity index (χ4v) is 6.26. The molecule has 1 amide bonds. The number of pyridine rings is 1. The highest BCUT2D eigenvalue weighted by Crippen LogP contribution is 2.36. The Bertz CT molecular complexity index is 1460. The third-order valence-corrected chi connectivity index (χ3v) is 8.54. The van der Waals surface area contributed by atoms with E-state index in [1.54, 1.807) is 32.2 Å². The highest BCUT2D eigenvalue weighted by atomic mass is 32.2. The molecule has 0 aliphatic carbocycles. The minimum absolute atomic E-state index is 0.0244. The summed E-state index contributed by atoms with van der Waals surface area (Å²) < 4.78 is 15.3. The van der Waals surface area contributed by atoms with E-state index in [9.17, 15) is 24.0 Å². The number of nitriles is 1. The number of benzene rings is 1. The number of thiocarbonyl (C=S) groups is 1. The quantitative estimate of drug-likeness (QED) is 0.267. The van der Waals surface area contributed by atoms with Crippen LogP contribution in [0.2, 0.25) is 0 Å². The average molecular weight is 584 g/mol. The molecule has 2 aliphatic heterocycles. The second-order valence-electron chi connectivity index (χ2n) is 9.70. The van der Waals surface area contributed by atoms with Crippen molar-refractivity contribution in [2.24, 2.45) is 7.05 Å². The van der Waals surface area contributed by atoms with Crippen molar-refractivity contribution in [3.05, 3.63) is 62.0 Å². The second-order valence-corrected chi connectivity index (χ2v) is 11.4. The second kappa shape index (κ2) is 12.7. The van der Waals surface area contributed by atoms with Crippen LogP contribution in [-0.2, 0) is 16.6 Å². The van der Waals surface area contributed by atoms with Crippen LogP contribution >= 0.6 is 24.0 Å². The number of nitrogens with zero attached hydrogens (tertiary/aromatic N) is 5. The van der Waals surface area contributed by atoms with Gasteiger partial charge in [-0.1, -0.05) is 30.4 Å². The van der Waals surface area contributed by atoms with Gasteiger partial charge < -0.3 is 14.9 Å². The van der Waals surface area contributed by atoms with Crippen molar-refractivity contribution >= 4 is 57.8 Å². The van der Waals surface area contributed by atoms with E-state index >= 15 is 0 Å². The molecule has 2 aromatic rings. The van der Waals surface area contributed by atoms with E-state index in [-0.39, 0.29) is 23.7 Å². The van der Waals surface area contributed by atoms with Gasteiger partial charge in [0.1, 0.15) is 27.6 Å². The van der Waals surface area contributed by atoms with Gasteiger partial charge in [-0.15, -0.1) is 0 Å². The van der Waals surface area contributed by atoms with Gasteiger partial charge in [0.15, 0.2) is 0 Å². The molecule has 0 radical (unpaired) electrons. The number of anilines is 2. The molecule has 210 valence electrons. The van der Waals surface area contributed by atoms with Crippen molar-refractivity contribution in [1.82, 2.24) is 9.47 Å². The smallest absolute Gasteiger partial charge is 0.303 e. The first-order chi connectivity index (χ1) is 19.1. The largest absolute Gasteiger partial charge is 0.481 e. The van der Waals surface area contributed by atoms with Gasteiger partial charge >= 0.3 is 5.97 Å². The fraction of sp³-hybridized carbons (Fsp3) is 0.393. The normalized spacial score (nSPS) is 16.6. The number of hydrogen-bond donors (Lipinski definition) is 1.